The molecular weight excluding hydrogens is 545 g/mol. The van der Waals surface area contributed by atoms with Gasteiger partial charge in [-0.1, -0.05) is 78.2 Å². The van der Waals surface area contributed by atoms with E-state index < -0.39 is 28.5 Å². The van der Waals surface area contributed by atoms with Gasteiger partial charge in [-0.15, -0.1) is 0 Å². The van der Waals surface area contributed by atoms with Crippen molar-refractivity contribution in [2.24, 2.45) is 0 Å². The molecule has 3 aromatic rings. The Morgan fingerprint density at radius 3 is 2.21 bits per heavy atom. The lowest BCUT2D eigenvalue weighted by atomic mass is 10.1. The minimum atomic E-state index is -4.19. The van der Waals surface area contributed by atoms with Crippen molar-refractivity contribution in [2.75, 3.05) is 17.4 Å². The maximum atomic E-state index is 13.9. The van der Waals surface area contributed by atoms with Crippen LogP contribution in [0, 0.1) is 6.92 Å². The number of nitrogens with zero attached hydrogens (tertiary/aromatic N) is 2. The van der Waals surface area contributed by atoms with Crippen LogP contribution in [0.25, 0.3) is 0 Å². The van der Waals surface area contributed by atoms with Crippen molar-refractivity contribution in [3.05, 3.63) is 94.0 Å². The predicted molar refractivity (Wildman–Crippen MR) is 152 cm³/mol. The fourth-order valence-electron chi connectivity index (χ4n) is 3.92. The highest BCUT2D eigenvalue weighted by molar-refractivity contribution is 7.92. The van der Waals surface area contributed by atoms with Gasteiger partial charge in [0.15, 0.2) is 0 Å². The van der Waals surface area contributed by atoms with Crippen molar-refractivity contribution < 1.29 is 18.0 Å². The summed E-state index contributed by atoms with van der Waals surface area (Å²) in [5.74, 6) is -0.877. The molecule has 2 amide bonds. The molecule has 0 saturated heterocycles. The second-order valence-corrected chi connectivity index (χ2v) is 11.7. The summed E-state index contributed by atoms with van der Waals surface area (Å²) in [5.41, 5.74) is 1.95. The van der Waals surface area contributed by atoms with E-state index in [4.69, 9.17) is 23.2 Å². The van der Waals surface area contributed by atoms with Crippen molar-refractivity contribution in [2.45, 2.75) is 44.7 Å². The first-order chi connectivity index (χ1) is 18.0. The second-order valence-electron chi connectivity index (χ2n) is 8.93. The Kier molecular flexibility index (Phi) is 10.2. The van der Waals surface area contributed by atoms with Gasteiger partial charge in [0.05, 0.1) is 10.6 Å². The highest BCUT2D eigenvalue weighted by Crippen LogP contribution is 2.30. The standard InChI is InChI=1S/C28H31Cl2N3O4S/c1-4-13-31-28(35)21(3)32(18-22-10-8-9-20(2)14-22)27(34)19-33(25-16-23(29)15-24(30)17-25)38(36,37)26-11-6-5-7-12-26/h5-12,14-17,21H,4,13,18-19H2,1-3H3,(H,31,35)/t21-/m0/s1. The molecule has 7 nitrogen and oxygen atoms in total. The number of amides is 2. The van der Waals surface area contributed by atoms with E-state index in [1.807, 2.05) is 38.1 Å². The van der Waals surface area contributed by atoms with E-state index in [2.05, 4.69) is 5.32 Å². The van der Waals surface area contributed by atoms with Crippen LogP contribution in [0.1, 0.15) is 31.4 Å². The molecule has 0 saturated carbocycles. The Bertz CT molecular complexity index is 1360. The van der Waals surface area contributed by atoms with Gasteiger partial charge in [-0.05, 0) is 56.2 Å². The lowest BCUT2D eigenvalue weighted by Gasteiger charge is -2.32. The van der Waals surface area contributed by atoms with Crippen molar-refractivity contribution in [1.29, 1.82) is 0 Å². The number of hydrogen-bond donors (Lipinski definition) is 1. The number of carbonyl (C=O) groups excluding carboxylic acids is 2. The van der Waals surface area contributed by atoms with Crippen LogP contribution < -0.4 is 9.62 Å². The molecule has 0 aliphatic heterocycles. The van der Waals surface area contributed by atoms with E-state index in [0.29, 0.717) is 6.54 Å². The van der Waals surface area contributed by atoms with Gasteiger partial charge in [-0.2, -0.15) is 0 Å². The van der Waals surface area contributed by atoms with Crippen LogP contribution in [0.5, 0.6) is 0 Å². The number of hydrogen-bond acceptors (Lipinski definition) is 4. The van der Waals surface area contributed by atoms with Gasteiger partial charge in [0, 0.05) is 23.1 Å². The van der Waals surface area contributed by atoms with E-state index in [9.17, 15) is 18.0 Å². The molecule has 10 heteroatoms. The summed E-state index contributed by atoms with van der Waals surface area (Å²) in [7, 11) is -4.19. The normalized spacial score (nSPS) is 12.0. The van der Waals surface area contributed by atoms with Gasteiger partial charge >= 0.3 is 0 Å². The Balaban J connectivity index is 2.04. The third-order valence-corrected chi connectivity index (χ3v) is 8.12. The average Bonchev–Trinajstić information content (AvgIpc) is 2.88. The monoisotopic (exact) mass is 575 g/mol. The summed E-state index contributed by atoms with van der Waals surface area (Å²) in [6.07, 6.45) is 0.739. The number of benzene rings is 3. The molecule has 3 aromatic carbocycles. The van der Waals surface area contributed by atoms with E-state index in [0.717, 1.165) is 21.9 Å². The first-order valence-corrected chi connectivity index (χ1v) is 14.4. The van der Waals surface area contributed by atoms with Gasteiger partial charge in [-0.3, -0.25) is 13.9 Å². The summed E-state index contributed by atoms with van der Waals surface area (Å²) >= 11 is 12.4. The molecule has 0 spiro atoms. The van der Waals surface area contributed by atoms with Crippen molar-refractivity contribution >= 4 is 50.7 Å². The minimum Gasteiger partial charge on any atom is -0.354 e. The van der Waals surface area contributed by atoms with Crippen LogP contribution in [0.4, 0.5) is 5.69 Å². The van der Waals surface area contributed by atoms with Gasteiger partial charge in [0.1, 0.15) is 12.6 Å². The Labute approximate surface area is 234 Å². The molecule has 0 fully saturated rings. The van der Waals surface area contributed by atoms with Crippen molar-refractivity contribution in [1.82, 2.24) is 10.2 Å². The van der Waals surface area contributed by atoms with Crippen molar-refractivity contribution in [3.8, 4) is 0 Å². The topological polar surface area (TPSA) is 86.8 Å². The highest BCUT2D eigenvalue weighted by Gasteiger charge is 2.32. The lowest BCUT2D eigenvalue weighted by Crippen LogP contribution is -2.51. The molecule has 0 aliphatic rings. The SMILES string of the molecule is CCCNC(=O)[C@H](C)N(Cc1cccc(C)c1)C(=O)CN(c1cc(Cl)cc(Cl)c1)S(=O)(=O)c1ccccc1. The van der Waals surface area contributed by atoms with E-state index in [-0.39, 0.29) is 33.1 Å². The zero-order chi connectivity index (χ0) is 27.9. The van der Waals surface area contributed by atoms with Crippen molar-refractivity contribution in [3.63, 3.8) is 0 Å². The number of nitrogens with one attached hydrogen (secondary N) is 1. The summed E-state index contributed by atoms with van der Waals surface area (Å²) in [6.45, 7) is 5.52. The molecular formula is C28H31Cl2N3O4S. The molecule has 0 bridgehead atoms. The number of rotatable bonds is 11. The van der Waals surface area contributed by atoms with E-state index in [1.165, 1.54) is 35.2 Å². The quantitative estimate of drug-likeness (QED) is 0.330. The van der Waals surface area contributed by atoms with Gasteiger partial charge in [0.25, 0.3) is 10.0 Å². The fraction of sp³-hybridized carbons (Fsp3) is 0.286. The zero-order valence-electron chi connectivity index (χ0n) is 21.5. The molecule has 3 rings (SSSR count). The lowest BCUT2D eigenvalue weighted by molar-refractivity contribution is -0.139. The summed E-state index contributed by atoms with van der Waals surface area (Å²) in [6, 6.07) is 18.9. The number of aryl methyl sites for hydroxylation is 1. The van der Waals surface area contributed by atoms with E-state index >= 15 is 0 Å². The van der Waals surface area contributed by atoms with Crippen LogP contribution >= 0.6 is 23.2 Å². The summed E-state index contributed by atoms with van der Waals surface area (Å²) < 4.78 is 28.5. The molecule has 1 atom stereocenters. The van der Waals surface area contributed by atoms with Crippen LogP contribution in [0.3, 0.4) is 0 Å². The maximum Gasteiger partial charge on any atom is 0.264 e. The van der Waals surface area contributed by atoms with Crippen LogP contribution in [-0.4, -0.2) is 44.3 Å². The molecule has 0 aromatic heterocycles. The molecule has 0 unspecified atom stereocenters. The van der Waals surface area contributed by atoms with E-state index in [1.54, 1.807) is 25.1 Å². The van der Waals surface area contributed by atoms with Crippen LogP contribution in [0.2, 0.25) is 10.0 Å². The number of carbonyl (C=O) groups is 2. The minimum absolute atomic E-state index is 0.00266. The number of halogens is 2. The van der Waals surface area contributed by atoms with Gasteiger partial charge in [0.2, 0.25) is 11.8 Å². The predicted octanol–water partition coefficient (Wildman–Crippen LogP) is 5.44. The van der Waals surface area contributed by atoms with Gasteiger partial charge in [-0.25, -0.2) is 8.42 Å². The Morgan fingerprint density at radius 1 is 0.947 bits per heavy atom. The smallest absolute Gasteiger partial charge is 0.264 e. The third-order valence-electron chi connectivity index (χ3n) is 5.90. The molecule has 202 valence electrons. The summed E-state index contributed by atoms with van der Waals surface area (Å²) in [4.78, 5) is 28.1. The Morgan fingerprint density at radius 2 is 1.61 bits per heavy atom. The average molecular weight is 577 g/mol. The maximum absolute atomic E-state index is 13.9. The number of anilines is 1. The molecule has 0 aliphatic carbocycles. The largest absolute Gasteiger partial charge is 0.354 e. The second kappa shape index (κ2) is 13.1. The number of sulfonamides is 1. The highest BCUT2D eigenvalue weighted by atomic mass is 35.5. The fourth-order valence-corrected chi connectivity index (χ4v) is 5.85. The first kappa shape index (κ1) is 29.5. The Hall–Kier alpha value is -3.07. The van der Waals surface area contributed by atoms with Gasteiger partial charge < -0.3 is 10.2 Å². The first-order valence-electron chi connectivity index (χ1n) is 12.2. The van der Waals surface area contributed by atoms with Crippen LogP contribution in [0.15, 0.2) is 77.7 Å². The molecule has 1 N–H and O–H groups in total. The zero-order valence-corrected chi connectivity index (χ0v) is 23.9. The van der Waals surface area contributed by atoms with Crippen LogP contribution in [-0.2, 0) is 26.2 Å². The molecule has 0 radical (unpaired) electrons. The third kappa shape index (κ3) is 7.49. The summed E-state index contributed by atoms with van der Waals surface area (Å²) in [5, 5.41) is 3.26. The molecule has 38 heavy (non-hydrogen) atoms. The molecule has 0 heterocycles.